The molecule has 0 atom stereocenters. The minimum Gasteiger partial charge on any atom is -0.495 e. The Morgan fingerprint density at radius 1 is 0.912 bits per heavy atom. The molecule has 4 amide bonds. The van der Waals surface area contributed by atoms with Gasteiger partial charge >= 0.3 is 12.0 Å². The predicted octanol–water partition coefficient (Wildman–Crippen LogP) is 3.89. The SMILES string of the molecule is COc1ccccc1N1C(=O)NC(=O)/C(=C/c2ccccc2OC(=O)c2cccc(C)c2)C1=O. The number of anilines is 1. The smallest absolute Gasteiger partial charge is 0.343 e. The van der Waals surface area contributed by atoms with Gasteiger partial charge in [0, 0.05) is 5.56 Å². The zero-order valence-corrected chi connectivity index (χ0v) is 18.4. The second kappa shape index (κ2) is 9.41. The maximum atomic E-state index is 13.2. The van der Waals surface area contributed by atoms with E-state index in [9.17, 15) is 19.2 Å². The molecular formula is C26H20N2O6. The average molecular weight is 456 g/mol. The maximum Gasteiger partial charge on any atom is 0.343 e. The Labute approximate surface area is 195 Å². The minimum absolute atomic E-state index is 0.155. The number of hydrogen-bond acceptors (Lipinski definition) is 6. The fourth-order valence-electron chi connectivity index (χ4n) is 3.47. The molecule has 0 aromatic heterocycles. The number of amides is 4. The Balaban J connectivity index is 1.69. The molecule has 8 heteroatoms. The molecule has 1 fully saturated rings. The lowest BCUT2D eigenvalue weighted by atomic mass is 10.1. The van der Waals surface area contributed by atoms with Crippen LogP contribution in [-0.4, -0.2) is 30.9 Å². The number of methoxy groups -OCH3 is 1. The number of hydrogen-bond donors (Lipinski definition) is 1. The van der Waals surface area contributed by atoms with Crippen molar-refractivity contribution in [1.82, 2.24) is 5.32 Å². The third-order valence-corrected chi connectivity index (χ3v) is 5.10. The summed E-state index contributed by atoms with van der Waals surface area (Å²) in [7, 11) is 1.41. The molecule has 4 rings (SSSR count). The molecule has 8 nitrogen and oxygen atoms in total. The van der Waals surface area contributed by atoms with Crippen molar-refractivity contribution in [1.29, 1.82) is 0 Å². The van der Waals surface area contributed by atoms with E-state index >= 15 is 0 Å². The highest BCUT2D eigenvalue weighted by molar-refractivity contribution is 6.39. The van der Waals surface area contributed by atoms with E-state index in [0.717, 1.165) is 10.5 Å². The van der Waals surface area contributed by atoms with Gasteiger partial charge in [-0.15, -0.1) is 0 Å². The number of urea groups is 1. The number of barbiturate groups is 1. The fraction of sp³-hybridized carbons (Fsp3) is 0.0769. The molecular weight excluding hydrogens is 436 g/mol. The van der Waals surface area contributed by atoms with E-state index < -0.39 is 23.8 Å². The molecule has 34 heavy (non-hydrogen) atoms. The van der Waals surface area contributed by atoms with Gasteiger partial charge in [0.15, 0.2) is 0 Å². The van der Waals surface area contributed by atoms with Crippen LogP contribution < -0.4 is 19.7 Å². The maximum absolute atomic E-state index is 13.2. The Morgan fingerprint density at radius 3 is 2.35 bits per heavy atom. The van der Waals surface area contributed by atoms with Crippen LogP contribution in [0.2, 0.25) is 0 Å². The lowest BCUT2D eigenvalue weighted by Gasteiger charge is -2.27. The number of aryl methyl sites for hydroxylation is 1. The molecule has 0 bridgehead atoms. The van der Waals surface area contributed by atoms with E-state index in [-0.39, 0.29) is 22.8 Å². The first-order chi connectivity index (χ1) is 16.4. The average Bonchev–Trinajstić information content (AvgIpc) is 2.83. The van der Waals surface area contributed by atoms with Gasteiger partial charge in [-0.2, -0.15) is 0 Å². The van der Waals surface area contributed by atoms with Crippen molar-refractivity contribution in [3.05, 3.63) is 95.1 Å². The molecule has 1 N–H and O–H groups in total. The summed E-state index contributed by atoms with van der Waals surface area (Å²) in [6, 6.07) is 19.0. The van der Waals surface area contributed by atoms with Crippen molar-refractivity contribution in [3.8, 4) is 11.5 Å². The number of nitrogens with one attached hydrogen (secondary N) is 1. The summed E-state index contributed by atoms with van der Waals surface area (Å²) in [6.45, 7) is 1.86. The zero-order valence-electron chi connectivity index (χ0n) is 18.4. The molecule has 0 saturated carbocycles. The van der Waals surface area contributed by atoms with Crippen molar-refractivity contribution in [2.45, 2.75) is 6.92 Å². The quantitative estimate of drug-likeness (QED) is 0.271. The van der Waals surface area contributed by atoms with Crippen LogP contribution >= 0.6 is 0 Å². The van der Waals surface area contributed by atoms with Gasteiger partial charge in [0.2, 0.25) is 0 Å². The van der Waals surface area contributed by atoms with Crippen LogP contribution in [0.25, 0.3) is 6.08 Å². The van der Waals surface area contributed by atoms with Gasteiger partial charge in [-0.3, -0.25) is 14.9 Å². The molecule has 1 aliphatic rings. The van der Waals surface area contributed by atoms with Gasteiger partial charge in [0.1, 0.15) is 17.1 Å². The zero-order chi connectivity index (χ0) is 24.2. The largest absolute Gasteiger partial charge is 0.495 e. The second-order valence-electron chi connectivity index (χ2n) is 7.43. The molecule has 0 radical (unpaired) electrons. The minimum atomic E-state index is -0.893. The van der Waals surface area contributed by atoms with E-state index in [1.54, 1.807) is 60.7 Å². The summed E-state index contributed by atoms with van der Waals surface area (Å²) in [5.74, 6) is -1.84. The number of esters is 1. The third kappa shape index (κ3) is 4.42. The van der Waals surface area contributed by atoms with Crippen molar-refractivity contribution < 1.29 is 28.7 Å². The normalized spacial score (nSPS) is 14.7. The summed E-state index contributed by atoms with van der Waals surface area (Å²) >= 11 is 0. The van der Waals surface area contributed by atoms with Gasteiger partial charge in [0.25, 0.3) is 11.8 Å². The number of rotatable bonds is 5. The van der Waals surface area contributed by atoms with Crippen LogP contribution in [0.4, 0.5) is 10.5 Å². The third-order valence-electron chi connectivity index (χ3n) is 5.10. The van der Waals surface area contributed by atoms with Crippen molar-refractivity contribution >= 4 is 35.6 Å². The fourth-order valence-corrected chi connectivity index (χ4v) is 3.47. The van der Waals surface area contributed by atoms with Crippen LogP contribution in [0.15, 0.2) is 78.4 Å². The van der Waals surface area contributed by atoms with E-state index in [0.29, 0.717) is 11.1 Å². The van der Waals surface area contributed by atoms with Gasteiger partial charge in [0.05, 0.1) is 18.4 Å². The van der Waals surface area contributed by atoms with E-state index in [1.807, 2.05) is 13.0 Å². The monoisotopic (exact) mass is 456 g/mol. The molecule has 3 aromatic carbocycles. The van der Waals surface area contributed by atoms with Crippen LogP contribution in [-0.2, 0) is 9.59 Å². The molecule has 3 aromatic rings. The van der Waals surface area contributed by atoms with E-state index in [4.69, 9.17) is 9.47 Å². The number of benzene rings is 3. The molecule has 0 aliphatic carbocycles. The molecule has 1 aliphatic heterocycles. The number of imide groups is 2. The highest BCUT2D eigenvalue weighted by Crippen LogP contribution is 2.31. The first kappa shape index (κ1) is 22.5. The number of carbonyl (C=O) groups excluding carboxylic acids is 4. The standard InChI is InChI=1S/C26H20N2O6/c1-16-8-7-10-18(14-16)25(31)34-21-12-5-3-9-17(21)15-19-23(29)27-26(32)28(24(19)30)20-11-4-6-13-22(20)33-2/h3-15H,1-2H3,(H,27,29,32)/b19-15-. The van der Waals surface area contributed by atoms with E-state index in [1.165, 1.54) is 19.3 Å². The number of carbonyl (C=O) groups is 4. The summed E-state index contributed by atoms with van der Waals surface area (Å²) in [6.07, 6.45) is 1.28. The predicted molar refractivity (Wildman–Crippen MR) is 125 cm³/mol. The van der Waals surface area contributed by atoms with Gasteiger partial charge in [-0.05, 0) is 43.3 Å². The number of para-hydroxylation sites is 3. The molecule has 1 saturated heterocycles. The van der Waals surface area contributed by atoms with Gasteiger partial charge in [-0.1, -0.05) is 48.0 Å². The van der Waals surface area contributed by atoms with Crippen LogP contribution in [0.3, 0.4) is 0 Å². The Morgan fingerprint density at radius 2 is 1.62 bits per heavy atom. The van der Waals surface area contributed by atoms with Crippen LogP contribution in [0.5, 0.6) is 11.5 Å². The van der Waals surface area contributed by atoms with Gasteiger partial charge in [-0.25, -0.2) is 14.5 Å². The summed E-state index contributed by atoms with van der Waals surface area (Å²) in [4.78, 5) is 51.7. The summed E-state index contributed by atoms with van der Waals surface area (Å²) < 4.78 is 10.8. The summed E-state index contributed by atoms with van der Waals surface area (Å²) in [5.41, 5.74) is 1.46. The molecule has 1 heterocycles. The van der Waals surface area contributed by atoms with Crippen molar-refractivity contribution in [2.75, 3.05) is 12.0 Å². The lowest BCUT2D eigenvalue weighted by molar-refractivity contribution is -0.122. The first-order valence-electron chi connectivity index (χ1n) is 10.3. The topological polar surface area (TPSA) is 102 Å². The second-order valence-corrected chi connectivity index (χ2v) is 7.43. The molecule has 170 valence electrons. The van der Waals surface area contributed by atoms with Crippen LogP contribution in [0.1, 0.15) is 21.5 Å². The summed E-state index contributed by atoms with van der Waals surface area (Å²) in [5, 5.41) is 2.17. The van der Waals surface area contributed by atoms with Gasteiger partial charge < -0.3 is 9.47 Å². The highest BCUT2D eigenvalue weighted by Gasteiger charge is 2.38. The van der Waals surface area contributed by atoms with Crippen molar-refractivity contribution in [2.24, 2.45) is 0 Å². The molecule has 0 unspecified atom stereocenters. The first-order valence-corrected chi connectivity index (χ1v) is 10.3. The lowest BCUT2D eigenvalue weighted by Crippen LogP contribution is -2.54. The Hall–Kier alpha value is -4.72. The highest BCUT2D eigenvalue weighted by atomic mass is 16.5. The molecule has 0 spiro atoms. The Bertz CT molecular complexity index is 1340. The van der Waals surface area contributed by atoms with Crippen molar-refractivity contribution in [3.63, 3.8) is 0 Å². The number of ether oxygens (including phenoxy) is 2. The van der Waals surface area contributed by atoms with E-state index in [2.05, 4.69) is 5.32 Å². The number of nitrogens with zero attached hydrogens (tertiary/aromatic N) is 1. The Kier molecular flexibility index (Phi) is 6.22. The van der Waals surface area contributed by atoms with Crippen LogP contribution in [0, 0.1) is 6.92 Å².